The molecule has 0 unspecified atom stereocenters. The number of benzene rings is 2. The number of hydrogen-bond donors (Lipinski definition) is 1. The lowest BCUT2D eigenvalue weighted by atomic mass is 9.92. The van der Waals surface area contributed by atoms with E-state index >= 15 is 0 Å². The standard InChI is InChI=1S/C23H20ClN5/c24-19-7-5-16(11-17(19)12-25)22-23(27-10-9-26-22)18-13-29(14-18)21-8-6-15-3-1-2-4-20(15)28-21/h1-11,18H,12-14,25H2. The second-order valence-electron chi connectivity index (χ2n) is 7.26. The van der Waals surface area contributed by atoms with Gasteiger partial charge in [-0.1, -0.05) is 35.9 Å². The van der Waals surface area contributed by atoms with Gasteiger partial charge in [-0.05, 0) is 35.9 Å². The van der Waals surface area contributed by atoms with Crippen molar-refractivity contribution in [3.8, 4) is 11.3 Å². The van der Waals surface area contributed by atoms with Crippen molar-refractivity contribution < 1.29 is 0 Å². The summed E-state index contributed by atoms with van der Waals surface area (Å²) >= 11 is 6.22. The molecule has 6 heteroatoms. The predicted molar refractivity (Wildman–Crippen MR) is 117 cm³/mol. The van der Waals surface area contributed by atoms with Gasteiger partial charge in [-0.3, -0.25) is 9.97 Å². The van der Waals surface area contributed by atoms with Crippen LogP contribution in [0.15, 0.2) is 67.0 Å². The van der Waals surface area contributed by atoms with E-state index in [0.29, 0.717) is 17.5 Å². The fraction of sp³-hybridized carbons (Fsp3) is 0.174. The van der Waals surface area contributed by atoms with Crippen LogP contribution < -0.4 is 10.6 Å². The predicted octanol–water partition coefficient (Wildman–Crippen LogP) is 4.41. The Labute approximate surface area is 174 Å². The third-order valence-corrected chi connectivity index (χ3v) is 5.81. The molecule has 2 N–H and O–H groups in total. The first-order chi connectivity index (χ1) is 14.2. The van der Waals surface area contributed by atoms with E-state index in [1.54, 1.807) is 12.4 Å². The molecule has 1 saturated heterocycles. The molecule has 0 atom stereocenters. The van der Waals surface area contributed by atoms with Crippen LogP contribution in [0.5, 0.6) is 0 Å². The zero-order chi connectivity index (χ0) is 19.8. The minimum Gasteiger partial charge on any atom is -0.355 e. The van der Waals surface area contributed by atoms with Crippen molar-refractivity contribution in [2.45, 2.75) is 12.5 Å². The lowest BCUT2D eigenvalue weighted by molar-refractivity contribution is 0.509. The molecule has 1 aliphatic heterocycles. The fourth-order valence-corrected chi connectivity index (χ4v) is 4.01. The van der Waals surface area contributed by atoms with E-state index in [1.165, 1.54) is 0 Å². The number of para-hydroxylation sites is 1. The van der Waals surface area contributed by atoms with Crippen LogP contribution in [-0.4, -0.2) is 28.0 Å². The number of pyridine rings is 1. The van der Waals surface area contributed by atoms with E-state index in [-0.39, 0.29) is 0 Å². The third-order valence-electron chi connectivity index (χ3n) is 5.44. The number of hydrogen-bond acceptors (Lipinski definition) is 5. The van der Waals surface area contributed by atoms with Crippen molar-refractivity contribution in [1.29, 1.82) is 0 Å². The second kappa shape index (κ2) is 7.43. The van der Waals surface area contributed by atoms with Crippen LogP contribution in [0.1, 0.15) is 17.2 Å². The molecule has 5 rings (SSSR count). The molecule has 0 saturated carbocycles. The van der Waals surface area contributed by atoms with Crippen molar-refractivity contribution in [3.05, 3.63) is 83.3 Å². The lowest BCUT2D eigenvalue weighted by Gasteiger charge is -2.40. The van der Waals surface area contributed by atoms with Crippen molar-refractivity contribution in [2.24, 2.45) is 5.73 Å². The van der Waals surface area contributed by atoms with Gasteiger partial charge in [-0.2, -0.15) is 0 Å². The molecule has 144 valence electrons. The van der Waals surface area contributed by atoms with E-state index in [1.807, 2.05) is 36.4 Å². The number of halogens is 1. The Kier molecular flexibility index (Phi) is 4.62. The molecule has 0 radical (unpaired) electrons. The highest BCUT2D eigenvalue weighted by molar-refractivity contribution is 6.31. The first-order valence-electron chi connectivity index (χ1n) is 9.63. The monoisotopic (exact) mass is 401 g/mol. The van der Waals surface area contributed by atoms with Gasteiger partial charge in [0.05, 0.1) is 16.9 Å². The minimum atomic E-state index is 0.309. The second-order valence-corrected chi connectivity index (χ2v) is 7.67. The van der Waals surface area contributed by atoms with Crippen molar-refractivity contribution >= 4 is 28.3 Å². The molecular formula is C23H20ClN5. The molecule has 2 aromatic carbocycles. The largest absolute Gasteiger partial charge is 0.355 e. The third kappa shape index (κ3) is 3.33. The lowest BCUT2D eigenvalue weighted by Crippen LogP contribution is -2.46. The van der Waals surface area contributed by atoms with E-state index in [2.05, 4.69) is 33.1 Å². The Morgan fingerprint density at radius 2 is 1.83 bits per heavy atom. The summed E-state index contributed by atoms with van der Waals surface area (Å²) in [6.45, 7) is 2.13. The first-order valence-corrected chi connectivity index (χ1v) is 10.0. The number of nitrogens with zero attached hydrogens (tertiary/aromatic N) is 4. The van der Waals surface area contributed by atoms with Crippen LogP contribution in [0.4, 0.5) is 5.82 Å². The van der Waals surface area contributed by atoms with Crippen molar-refractivity contribution in [3.63, 3.8) is 0 Å². The maximum Gasteiger partial charge on any atom is 0.129 e. The molecule has 3 heterocycles. The van der Waals surface area contributed by atoms with Crippen LogP contribution in [0, 0.1) is 0 Å². The Morgan fingerprint density at radius 1 is 1.00 bits per heavy atom. The minimum absolute atomic E-state index is 0.309. The van der Waals surface area contributed by atoms with Crippen molar-refractivity contribution in [2.75, 3.05) is 18.0 Å². The van der Waals surface area contributed by atoms with Crippen molar-refractivity contribution in [1.82, 2.24) is 15.0 Å². The maximum atomic E-state index is 6.22. The molecule has 5 nitrogen and oxygen atoms in total. The van der Waals surface area contributed by atoms with E-state index in [0.717, 1.165) is 52.3 Å². The van der Waals surface area contributed by atoms with Gasteiger partial charge in [0.2, 0.25) is 0 Å². The van der Waals surface area contributed by atoms with Gasteiger partial charge in [0.25, 0.3) is 0 Å². The van der Waals surface area contributed by atoms with Gasteiger partial charge >= 0.3 is 0 Å². The SMILES string of the molecule is NCc1cc(-c2nccnc2C2CN(c3ccc4ccccc4n3)C2)ccc1Cl. The number of anilines is 1. The molecule has 0 bridgehead atoms. The molecule has 0 spiro atoms. The van der Waals surface area contributed by atoms with E-state index in [9.17, 15) is 0 Å². The van der Waals surface area contributed by atoms with Gasteiger partial charge in [0.15, 0.2) is 0 Å². The van der Waals surface area contributed by atoms with Crippen LogP contribution in [0.3, 0.4) is 0 Å². The van der Waals surface area contributed by atoms with Crippen LogP contribution in [-0.2, 0) is 6.54 Å². The van der Waals surface area contributed by atoms with E-state index < -0.39 is 0 Å². The molecule has 29 heavy (non-hydrogen) atoms. The molecule has 4 aromatic rings. The van der Waals surface area contributed by atoms with Gasteiger partial charge in [-0.25, -0.2) is 4.98 Å². The summed E-state index contributed by atoms with van der Waals surface area (Å²) < 4.78 is 0. The molecule has 2 aromatic heterocycles. The zero-order valence-electron chi connectivity index (χ0n) is 15.8. The quantitative estimate of drug-likeness (QED) is 0.548. The number of nitrogens with two attached hydrogens (primary N) is 1. The topological polar surface area (TPSA) is 67.9 Å². The summed E-state index contributed by atoms with van der Waals surface area (Å²) in [7, 11) is 0. The summed E-state index contributed by atoms with van der Waals surface area (Å²) in [5.41, 5.74) is 10.7. The highest BCUT2D eigenvalue weighted by atomic mass is 35.5. The molecular weight excluding hydrogens is 382 g/mol. The Hall–Kier alpha value is -3.02. The van der Waals surface area contributed by atoms with Gasteiger partial charge in [0.1, 0.15) is 5.82 Å². The normalized spacial score (nSPS) is 14.2. The van der Waals surface area contributed by atoms with Crippen LogP contribution >= 0.6 is 11.6 Å². The van der Waals surface area contributed by atoms with Gasteiger partial charge < -0.3 is 10.6 Å². The average molecular weight is 402 g/mol. The first kappa shape index (κ1) is 18.0. The van der Waals surface area contributed by atoms with Crippen LogP contribution in [0.2, 0.25) is 5.02 Å². The molecule has 0 aliphatic carbocycles. The number of fused-ring (bicyclic) bond motifs is 1. The summed E-state index contributed by atoms with van der Waals surface area (Å²) in [6.07, 6.45) is 3.49. The summed E-state index contributed by atoms with van der Waals surface area (Å²) in [6, 6.07) is 18.3. The summed E-state index contributed by atoms with van der Waals surface area (Å²) in [5.74, 6) is 1.31. The zero-order valence-corrected chi connectivity index (χ0v) is 16.5. The van der Waals surface area contributed by atoms with Gasteiger partial charge in [0, 0.05) is 53.9 Å². The molecule has 1 aliphatic rings. The smallest absolute Gasteiger partial charge is 0.129 e. The molecule has 0 amide bonds. The highest BCUT2D eigenvalue weighted by Crippen LogP contribution is 2.35. The Balaban J connectivity index is 1.41. The molecule has 1 fully saturated rings. The average Bonchev–Trinajstić information content (AvgIpc) is 2.73. The van der Waals surface area contributed by atoms with E-state index in [4.69, 9.17) is 22.3 Å². The number of rotatable bonds is 4. The summed E-state index contributed by atoms with van der Waals surface area (Å²) in [4.78, 5) is 16.4. The highest BCUT2D eigenvalue weighted by Gasteiger charge is 2.32. The van der Waals surface area contributed by atoms with Gasteiger partial charge in [-0.15, -0.1) is 0 Å². The summed E-state index contributed by atoms with van der Waals surface area (Å²) in [5, 5.41) is 1.84. The maximum absolute atomic E-state index is 6.22. The Morgan fingerprint density at radius 3 is 2.69 bits per heavy atom. The Bertz CT molecular complexity index is 1190. The fourth-order valence-electron chi connectivity index (χ4n) is 3.82. The van der Waals surface area contributed by atoms with Crippen LogP contribution in [0.25, 0.3) is 22.2 Å². The number of aromatic nitrogens is 3.